The minimum absolute atomic E-state index is 0.0761. The van der Waals surface area contributed by atoms with E-state index in [1.54, 1.807) is 0 Å². The Balaban J connectivity index is 2.25. The van der Waals surface area contributed by atoms with E-state index in [9.17, 15) is 0 Å². The second-order valence-electron chi connectivity index (χ2n) is 5.67. The summed E-state index contributed by atoms with van der Waals surface area (Å²) in [7, 11) is 0. The highest BCUT2D eigenvalue weighted by atomic mass is 17.3. The second kappa shape index (κ2) is 4.60. The molecule has 1 heterocycles. The van der Waals surface area contributed by atoms with E-state index in [2.05, 4.69) is 57.2 Å². The van der Waals surface area contributed by atoms with Crippen molar-refractivity contribution >= 4 is 22.2 Å². The number of benzene rings is 2. The Labute approximate surface area is 119 Å². The quantitative estimate of drug-likeness (QED) is 0.475. The Kier molecular flexibility index (Phi) is 3.02. The van der Waals surface area contributed by atoms with Crippen molar-refractivity contribution in [1.82, 2.24) is 0 Å². The summed E-state index contributed by atoms with van der Waals surface area (Å²) in [6.07, 6.45) is 0. The lowest BCUT2D eigenvalue weighted by Crippen LogP contribution is -2.26. The maximum absolute atomic E-state index is 5.47. The van der Waals surface area contributed by atoms with Crippen LogP contribution in [0.4, 0.5) is 5.69 Å². The number of hydrogen-bond donors (Lipinski definition) is 0. The summed E-state index contributed by atoms with van der Waals surface area (Å²) in [4.78, 5) is 10.6. The van der Waals surface area contributed by atoms with Crippen molar-refractivity contribution in [2.24, 2.45) is 0 Å². The van der Waals surface area contributed by atoms with Crippen LogP contribution in [0.25, 0.3) is 10.8 Å². The van der Waals surface area contributed by atoms with Gasteiger partial charge < -0.3 is 0 Å². The molecule has 0 saturated heterocycles. The molecular formula is C17H20NO2+. The van der Waals surface area contributed by atoms with Crippen LogP contribution in [0.3, 0.4) is 0 Å². The Hall–Kier alpha value is -1.87. The van der Waals surface area contributed by atoms with Crippen LogP contribution in [0.2, 0.25) is 0 Å². The lowest BCUT2D eigenvalue weighted by Gasteiger charge is -2.16. The number of fused-ring (bicyclic) bond motifs is 3. The first-order valence-electron chi connectivity index (χ1n) is 7.03. The zero-order chi connectivity index (χ0) is 14.3. The van der Waals surface area contributed by atoms with Crippen molar-refractivity contribution in [3.63, 3.8) is 0 Å². The molecule has 1 aliphatic rings. The molecule has 0 N–H and O–H groups in total. The molecule has 3 rings (SSSR count). The fourth-order valence-corrected chi connectivity index (χ4v) is 2.90. The van der Waals surface area contributed by atoms with E-state index < -0.39 is 0 Å². The van der Waals surface area contributed by atoms with Crippen LogP contribution < -0.4 is 0 Å². The molecule has 0 spiro atoms. The molecule has 3 nitrogen and oxygen atoms in total. The monoisotopic (exact) mass is 270 g/mol. The minimum Gasteiger partial charge on any atom is -0.128 e. The van der Waals surface area contributed by atoms with Crippen LogP contribution in [-0.4, -0.2) is 17.1 Å². The standard InChI is InChI=1S/C17H20NO2/c1-5-19-20-18-12(2)17(3,4)16-14-9-7-6-8-13(14)10-11-15(16)18/h6-11H,5H2,1-4H3/q+1. The normalized spacial score (nSPS) is 16.6. The number of rotatable bonds is 3. The third kappa shape index (κ3) is 1.74. The average molecular weight is 270 g/mol. The topological polar surface area (TPSA) is 21.5 Å². The van der Waals surface area contributed by atoms with E-state index >= 15 is 0 Å². The van der Waals surface area contributed by atoms with Gasteiger partial charge in [-0.15, -0.1) is 4.89 Å². The maximum Gasteiger partial charge on any atom is 0.266 e. The summed E-state index contributed by atoms with van der Waals surface area (Å²) in [5, 5.41) is 2.53. The molecule has 0 aliphatic carbocycles. The maximum atomic E-state index is 5.47. The third-order valence-corrected chi connectivity index (χ3v) is 4.21. The number of hydrogen-bond acceptors (Lipinski definition) is 2. The first kappa shape index (κ1) is 13.1. The van der Waals surface area contributed by atoms with E-state index in [0.29, 0.717) is 6.61 Å². The van der Waals surface area contributed by atoms with Crippen LogP contribution in [0.15, 0.2) is 36.4 Å². The molecule has 2 aromatic carbocycles. The number of nitrogens with zero attached hydrogens (tertiary/aromatic N) is 1. The van der Waals surface area contributed by atoms with Crippen LogP contribution in [0, 0.1) is 0 Å². The molecule has 2 aromatic rings. The van der Waals surface area contributed by atoms with E-state index in [0.717, 1.165) is 11.4 Å². The molecule has 0 radical (unpaired) electrons. The molecule has 104 valence electrons. The van der Waals surface area contributed by atoms with Gasteiger partial charge in [0.1, 0.15) is 0 Å². The van der Waals surface area contributed by atoms with Crippen LogP contribution in [-0.2, 0) is 15.3 Å². The fraction of sp³-hybridized carbons (Fsp3) is 0.353. The summed E-state index contributed by atoms with van der Waals surface area (Å²) < 4.78 is 1.81. The van der Waals surface area contributed by atoms with Crippen molar-refractivity contribution in [3.8, 4) is 0 Å². The van der Waals surface area contributed by atoms with Crippen LogP contribution in [0.1, 0.15) is 33.3 Å². The van der Waals surface area contributed by atoms with E-state index in [1.807, 2.05) is 11.7 Å². The van der Waals surface area contributed by atoms with Gasteiger partial charge in [0.15, 0.2) is 0 Å². The molecule has 0 atom stereocenters. The van der Waals surface area contributed by atoms with Gasteiger partial charge in [-0.1, -0.05) is 29.3 Å². The predicted octanol–water partition coefficient (Wildman–Crippen LogP) is 4.12. The molecule has 3 heteroatoms. The van der Waals surface area contributed by atoms with Crippen LogP contribution >= 0.6 is 0 Å². The molecule has 0 bridgehead atoms. The lowest BCUT2D eigenvalue weighted by molar-refractivity contribution is -0.826. The van der Waals surface area contributed by atoms with Crippen molar-refractivity contribution in [1.29, 1.82) is 0 Å². The van der Waals surface area contributed by atoms with E-state index in [1.165, 1.54) is 16.3 Å². The van der Waals surface area contributed by atoms with Gasteiger partial charge in [0.2, 0.25) is 5.71 Å². The van der Waals surface area contributed by atoms with E-state index in [4.69, 9.17) is 9.88 Å². The molecule has 0 fully saturated rings. The van der Waals surface area contributed by atoms with Gasteiger partial charge in [-0.25, -0.2) is 0 Å². The third-order valence-electron chi connectivity index (χ3n) is 4.21. The Morgan fingerprint density at radius 2 is 1.85 bits per heavy atom. The van der Waals surface area contributed by atoms with Gasteiger partial charge in [0, 0.05) is 13.0 Å². The summed E-state index contributed by atoms with van der Waals surface area (Å²) in [5.41, 5.74) is 3.43. The van der Waals surface area contributed by atoms with Crippen molar-refractivity contribution in [2.75, 3.05) is 6.61 Å². The molecular weight excluding hydrogens is 250 g/mol. The average Bonchev–Trinajstić information content (AvgIpc) is 2.65. The second-order valence-corrected chi connectivity index (χ2v) is 5.67. The van der Waals surface area contributed by atoms with Crippen molar-refractivity contribution in [2.45, 2.75) is 33.1 Å². The summed E-state index contributed by atoms with van der Waals surface area (Å²) in [6.45, 7) is 8.98. The van der Waals surface area contributed by atoms with Crippen molar-refractivity contribution < 1.29 is 14.6 Å². The van der Waals surface area contributed by atoms with Gasteiger partial charge in [-0.05, 0) is 37.6 Å². The van der Waals surface area contributed by atoms with Crippen LogP contribution in [0.5, 0.6) is 0 Å². The van der Waals surface area contributed by atoms with Gasteiger partial charge in [0.05, 0.1) is 22.3 Å². The van der Waals surface area contributed by atoms with E-state index in [-0.39, 0.29) is 5.41 Å². The highest BCUT2D eigenvalue weighted by Gasteiger charge is 2.47. The molecule has 0 aromatic heterocycles. The molecule has 1 aliphatic heterocycles. The van der Waals surface area contributed by atoms with Gasteiger partial charge in [-0.3, -0.25) is 0 Å². The Bertz CT molecular complexity index is 701. The zero-order valence-corrected chi connectivity index (χ0v) is 12.4. The molecule has 0 saturated carbocycles. The summed E-state index contributed by atoms with van der Waals surface area (Å²) in [5.74, 6) is 0. The Morgan fingerprint density at radius 3 is 2.60 bits per heavy atom. The molecule has 20 heavy (non-hydrogen) atoms. The zero-order valence-electron chi connectivity index (χ0n) is 12.4. The molecule has 0 amide bonds. The highest BCUT2D eigenvalue weighted by molar-refractivity contribution is 6.01. The van der Waals surface area contributed by atoms with Gasteiger partial charge >= 0.3 is 0 Å². The Morgan fingerprint density at radius 1 is 1.10 bits per heavy atom. The minimum atomic E-state index is -0.0761. The first-order valence-corrected chi connectivity index (χ1v) is 7.03. The highest BCUT2D eigenvalue weighted by Crippen LogP contribution is 2.43. The fourth-order valence-electron chi connectivity index (χ4n) is 2.90. The smallest absolute Gasteiger partial charge is 0.128 e. The summed E-state index contributed by atoms with van der Waals surface area (Å²) in [6, 6.07) is 12.7. The SMILES string of the molecule is CCOO[N+]1=C(C)C(C)(C)c2c1ccc1ccccc21. The van der Waals surface area contributed by atoms with Gasteiger partial charge in [0.25, 0.3) is 5.69 Å². The predicted molar refractivity (Wildman–Crippen MR) is 80.3 cm³/mol. The van der Waals surface area contributed by atoms with Gasteiger partial charge in [-0.2, -0.15) is 0 Å². The first-order chi connectivity index (χ1) is 9.57. The lowest BCUT2D eigenvalue weighted by atomic mass is 9.80. The summed E-state index contributed by atoms with van der Waals surface area (Å²) >= 11 is 0. The largest absolute Gasteiger partial charge is 0.266 e. The molecule has 0 unspecified atom stereocenters. The van der Waals surface area contributed by atoms with Crippen molar-refractivity contribution in [3.05, 3.63) is 42.0 Å².